The van der Waals surface area contributed by atoms with Crippen LogP contribution < -0.4 is 16.4 Å². The van der Waals surface area contributed by atoms with Crippen molar-refractivity contribution in [1.29, 1.82) is 0 Å². The standard InChI is InChI=1S/C12H11ClN4O/c13-9-7-8(14)4-5-10(9)16-12(18)17-11-3-1-2-6-15-11/h1-7H,14H2,(H2,15,16,17,18). The molecule has 6 heteroatoms. The predicted octanol–water partition coefficient (Wildman–Crippen LogP) is 2.96. The first kappa shape index (κ1) is 12.2. The van der Waals surface area contributed by atoms with E-state index >= 15 is 0 Å². The number of nitrogens with two attached hydrogens (primary N) is 1. The van der Waals surface area contributed by atoms with Crippen molar-refractivity contribution in [2.45, 2.75) is 0 Å². The number of hydrogen-bond donors (Lipinski definition) is 3. The lowest BCUT2D eigenvalue weighted by atomic mass is 10.3. The number of rotatable bonds is 2. The number of pyridine rings is 1. The van der Waals surface area contributed by atoms with Gasteiger partial charge in [0.2, 0.25) is 0 Å². The van der Waals surface area contributed by atoms with Crippen molar-refractivity contribution in [3.05, 3.63) is 47.6 Å². The molecule has 0 unspecified atom stereocenters. The van der Waals surface area contributed by atoms with E-state index in [1.165, 1.54) is 0 Å². The number of carbonyl (C=O) groups excluding carboxylic acids is 1. The minimum Gasteiger partial charge on any atom is -0.399 e. The summed E-state index contributed by atoms with van der Waals surface area (Å²) in [5.74, 6) is 0.460. The van der Waals surface area contributed by atoms with Crippen molar-refractivity contribution in [3.63, 3.8) is 0 Å². The maximum absolute atomic E-state index is 11.7. The number of nitrogens with zero attached hydrogens (tertiary/aromatic N) is 1. The Morgan fingerprint density at radius 2 is 2.06 bits per heavy atom. The highest BCUT2D eigenvalue weighted by atomic mass is 35.5. The van der Waals surface area contributed by atoms with Gasteiger partial charge in [0, 0.05) is 11.9 Å². The maximum Gasteiger partial charge on any atom is 0.324 e. The van der Waals surface area contributed by atoms with Gasteiger partial charge in [-0.15, -0.1) is 0 Å². The van der Waals surface area contributed by atoms with Gasteiger partial charge in [0.25, 0.3) is 0 Å². The number of nitrogen functional groups attached to an aromatic ring is 1. The van der Waals surface area contributed by atoms with Gasteiger partial charge in [0.1, 0.15) is 5.82 Å². The smallest absolute Gasteiger partial charge is 0.324 e. The number of benzene rings is 1. The summed E-state index contributed by atoms with van der Waals surface area (Å²) in [4.78, 5) is 15.6. The molecule has 92 valence electrons. The maximum atomic E-state index is 11.7. The molecule has 2 aromatic rings. The predicted molar refractivity (Wildman–Crippen MR) is 72.7 cm³/mol. The van der Waals surface area contributed by atoms with Crippen LogP contribution in [0.1, 0.15) is 0 Å². The van der Waals surface area contributed by atoms with E-state index in [4.69, 9.17) is 17.3 Å². The molecule has 1 heterocycles. The Morgan fingerprint density at radius 1 is 1.22 bits per heavy atom. The average molecular weight is 263 g/mol. The first-order valence-electron chi connectivity index (χ1n) is 5.19. The molecule has 0 bridgehead atoms. The zero-order valence-electron chi connectivity index (χ0n) is 9.35. The van der Waals surface area contributed by atoms with Gasteiger partial charge >= 0.3 is 6.03 Å². The van der Waals surface area contributed by atoms with E-state index in [1.807, 2.05) is 0 Å². The van der Waals surface area contributed by atoms with Crippen molar-refractivity contribution < 1.29 is 4.79 Å². The van der Waals surface area contributed by atoms with Crippen molar-refractivity contribution in [2.75, 3.05) is 16.4 Å². The number of aromatic nitrogens is 1. The van der Waals surface area contributed by atoms with E-state index in [0.717, 1.165) is 0 Å². The summed E-state index contributed by atoms with van der Waals surface area (Å²) in [7, 11) is 0. The molecule has 1 aromatic carbocycles. The Labute approximate surface area is 109 Å². The molecule has 0 aliphatic rings. The first-order valence-corrected chi connectivity index (χ1v) is 5.57. The van der Waals surface area contributed by atoms with E-state index in [1.54, 1.807) is 42.6 Å². The third-order valence-electron chi connectivity index (χ3n) is 2.15. The molecule has 0 fully saturated rings. The zero-order valence-corrected chi connectivity index (χ0v) is 10.1. The lowest BCUT2D eigenvalue weighted by Gasteiger charge is -2.08. The van der Waals surface area contributed by atoms with Crippen molar-refractivity contribution in [1.82, 2.24) is 4.98 Å². The molecule has 18 heavy (non-hydrogen) atoms. The Bertz CT molecular complexity index is 559. The number of amides is 2. The van der Waals surface area contributed by atoms with Gasteiger partial charge in [-0.25, -0.2) is 9.78 Å². The number of urea groups is 1. The monoisotopic (exact) mass is 262 g/mol. The largest absolute Gasteiger partial charge is 0.399 e. The number of anilines is 3. The van der Waals surface area contributed by atoms with Crippen LogP contribution in [0.3, 0.4) is 0 Å². The lowest BCUT2D eigenvalue weighted by molar-refractivity contribution is 0.262. The van der Waals surface area contributed by atoms with E-state index in [2.05, 4.69) is 15.6 Å². The van der Waals surface area contributed by atoms with Gasteiger partial charge < -0.3 is 11.1 Å². The molecule has 0 saturated carbocycles. The molecule has 5 nitrogen and oxygen atoms in total. The molecular formula is C12H11ClN4O. The van der Waals surface area contributed by atoms with Crippen LogP contribution in [-0.4, -0.2) is 11.0 Å². The topological polar surface area (TPSA) is 80.0 Å². The van der Waals surface area contributed by atoms with E-state index in [-0.39, 0.29) is 0 Å². The fourth-order valence-corrected chi connectivity index (χ4v) is 1.58. The van der Waals surface area contributed by atoms with Crippen LogP contribution in [0.4, 0.5) is 22.0 Å². The summed E-state index contributed by atoms with van der Waals surface area (Å²) in [6, 6.07) is 9.67. The van der Waals surface area contributed by atoms with Gasteiger partial charge in [-0.3, -0.25) is 5.32 Å². The quantitative estimate of drug-likeness (QED) is 0.728. The Morgan fingerprint density at radius 3 is 2.72 bits per heavy atom. The van der Waals surface area contributed by atoms with Crippen LogP contribution >= 0.6 is 11.6 Å². The summed E-state index contributed by atoms with van der Waals surface area (Å²) in [5.41, 5.74) is 6.58. The van der Waals surface area contributed by atoms with Gasteiger partial charge in [0.05, 0.1) is 10.7 Å². The highest BCUT2D eigenvalue weighted by molar-refractivity contribution is 6.34. The molecular weight excluding hydrogens is 252 g/mol. The molecule has 2 amide bonds. The number of halogens is 1. The minimum absolute atomic E-state index is 0.381. The summed E-state index contributed by atoms with van der Waals surface area (Å²) in [5, 5.41) is 5.57. The molecule has 0 saturated heterocycles. The SMILES string of the molecule is Nc1ccc(NC(=O)Nc2ccccn2)c(Cl)c1. The van der Waals surface area contributed by atoms with E-state index in [9.17, 15) is 4.79 Å². The normalized spacial score (nSPS) is 9.83. The van der Waals surface area contributed by atoms with Crippen LogP contribution in [0.15, 0.2) is 42.6 Å². The molecule has 0 radical (unpaired) electrons. The first-order chi connectivity index (χ1) is 8.65. The summed E-state index contributed by atoms with van der Waals surface area (Å²) in [6.45, 7) is 0. The Hall–Kier alpha value is -2.27. The second kappa shape index (κ2) is 5.37. The lowest BCUT2D eigenvalue weighted by Crippen LogP contribution is -2.20. The third-order valence-corrected chi connectivity index (χ3v) is 2.46. The molecule has 4 N–H and O–H groups in total. The molecule has 0 atom stereocenters. The fraction of sp³-hybridized carbons (Fsp3) is 0. The van der Waals surface area contributed by atoms with Gasteiger partial charge in [-0.2, -0.15) is 0 Å². The summed E-state index contributed by atoms with van der Waals surface area (Å²) in [6.07, 6.45) is 1.59. The second-order valence-corrected chi connectivity index (χ2v) is 3.94. The minimum atomic E-state index is -0.416. The van der Waals surface area contributed by atoms with Gasteiger partial charge in [-0.05, 0) is 30.3 Å². The highest BCUT2D eigenvalue weighted by Gasteiger charge is 2.06. The molecule has 2 rings (SSSR count). The van der Waals surface area contributed by atoms with E-state index < -0.39 is 6.03 Å². The highest BCUT2D eigenvalue weighted by Crippen LogP contribution is 2.24. The van der Waals surface area contributed by atoms with Crippen LogP contribution in [0.5, 0.6) is 0 Å². The number of nitrogens with one attached hydrogen (secondary N) is 2. The second-order valence-electron chi connectivity index (χ2n) is 3.53. The number of hydrogen-bond acceptors (Lipinski definition) is 3. The Balaban J connectivity index is 2.03. The van der Waals surface area contributed by atoms with Crippen molar-refractivity contribution in [2.24, 2.45) is 0 Å². The van der Waals surface area contributed by atoms with Crippen LogP contribution in [0, 0.1) is 0 Å². The molecule has 0 aliphatic carbocycles. The van der Waals surface area contributed by atoms with Gasteiger partial charge in [-0.1, -0.05) is 17.7 Å². The Kier molecular flexibility index (Phi) is 3.64. The molecule has 0 aliphatic heterocycles. The number of carbonyl (C=O) groups is 1. The fourth-order valence-electron chi connectivity index (χ4n) is 1.34. The summed E-state index contributed by atoms with van der Waals surface area (Å²) >= 11 is 5.94. The van der Waals surface area contributed by atoms with Crippen molar-refractivity contribution >= 4 is 34.8 Å². The van der Waals surface area contributed by atoms with Crippen LogP contribution in [-0.2, 0) is 0 Å². The van der Waals surface area contributed by atoms with Crippen LogP contribution in [0.2, 0.25) is 5.02 Å². The zero-order chi connectivity index (χ0) is 13.0. The van der Waals surface area contributed by atoms with Gasteiger partial charge in [0.15, 0.2) is 0 Å². The molecule has 1 aromatic heterocycles. The summed E-state index contributed by atoms with van der Waals surface area (Å²) < 4.78 is 0. The molecule has 0 spiro atoms. The third kappa shape index (κ3) is 3.11. The van der Waals surface area contributed by atoms with E-state index in [0.29, 0.717) is 22.2 Å². The average Bonchev–Trinajstić information content (AvgIpc) is 2.34. The van der Waals surface area contributed by atoms with Crippen LogP contribution in [0.25, 0.3) is 0 Å². The van der Waals surface area contributed by atoms with Crippen molar-refractivity contribution in [3.8, 4) is 0 Å².